The molecule has 16 heteroatoms. The fourth-order valence-corrected chi connectivity index (χ4v) is 10.9. The van der Waals surface area contributed by atoms with Crippen molar-refractivity contribution in [3.05, 3.63) is 59.3 Å². The summed E-state index contributed by atoms with van der Waals surface area (Å²) >= 11 is 0. The van der Waals surface area contributed by atoms with E-state index in [0.717, 1.165) is 12.0 Å². The number of fused-ring (bicyclic) bond motifs is 2. The summed E-state index contributed by atoms with van der Waals surface area (Å²) in [5, 5.41) is 23.8. The van der Waals surface area contributed by atoms with Gasteiger partial charge in [0.2, 0.25) is 5.91 Å². The Kier molecular flexibility index (Phi) is 16.6. The van der Waals surface area contributed by atoms with E-state index < -0.39 is 103 Å². The molecule has 1 aliphatic carbocycles. The monoisotopic (exact) mass is 930 g/mol. The van der Waals surface area contributed by atoms with Crippen molar-refractivity contribution in [1.29, 1.82) is 0 Å². The van der Waals surface area contributed by atoms with E-state index >= 15 is 0 Å². The lowest BCUT2D eigenvalue weighted by Crippen LogP contribution is -2.58. The van der Waals surface area contributed by atoms with Gasteiger partial charge in [0.1, 0.15) is 42.0 Å². The van der Waals surface area contributed by atoms with Gasteiger partial charge < -0.3 is 57.6 Å². The van der Waals surface area contributed by atoms with Crippen molar-refractivity contribution in [2.75, 3.05) is 20.8 Å². The summed E-state index contributed by atoms with van der Waals surface area (Å²) in [4.78, 5) is 31.5. The van der Waals surface area contributed by atoms with E-state index in [1.807, 2.05) is 39.0 Å². The lowest BCUT2D eigenvalue weighted by Gasteiger charge is -2.48. The van der Waals surface area contributed by atoms with Gasteiger partial charge in [0.25, 0.3) is 0 Å². The third-order valence-electron chi connectivity index (χ3n) is 14.8. The van der Waals surface area contributed by atoms with Gasteiger partial charge in [-0.25, -0.2) is 5.48 Å². The van der Waals surface area contributed by atoms with Crippen LogP contribution in [0, 0.1) is 23.7 Å². The number of ether oxygens (including phenoxy) is 10. The van der Waals surface area contributed by atoms with Crippen molar-refractivity contribution in [2.45, 2.75) is 198 Å². The average molecular weight is 930 g/mol. The summed E-state index contributed by atoms with van der Waals surface area (Å²) in [6.07, 6.45) is 8.47. The summed E-state index contributed by atoms with van der Waals surface area (Å²) in [5.74, 6) is -2.95. The summed E-state index contributed by atoms with van der Waals surface area (Å²) in [7, 11) is 3.23. The number of amides is 1. The molecule has 4 saturated heterocycles. The lowest BCUT2D eigenvalue weighted by atomic mass is 9.71. The first-order valence-electron chi connectivity index (χ1n) is 24.0. The molecule has 16 nitrogen and oxygen atoms in total. The zero-order valence-corrected chi connectivity index (χ0v) is 40.6. The minimum Gasteiger partial charge on any atom is -0.462 e. The molecule has 0 aromatic rings. The van der Waals surface area contributed by atoms with Gasteiger partial charge >= 0.3 is 5.97 Å². The Morgan fingerprint density at radius 3 is 2.29 bits per heavy atom. The maximum Gasteiger partial charge on any atom is 0.316 e. The number of methoxy groups -OCH3 is 2. The fraction of sp³-hybridized carbons (Fsp3) is 0.760. The van der Waals surface area contributed by atoms with Crippen molar-refractivity contribution >= 4 is 11.9 Å². The molecule has 1 unspecified atom stereocenters. The SMILES string of the molecule is CCC(C)[C@H]1O[C@]2(C=C[C@@H]1C)C[C@@H]1C[C@@H](CC=C(C)[C@@H](O[C@H]3C[C@H](OC)[C@@H](O[C@H]4C[C@H](OC)[C@@H](ONC(C)=O)[C@H](C)O4)[C@H](C)O3)[C@@H](C)C=CC=C3CO[C@@H]4[C@H](O)C(C)=C[C@@H](C(=O)O1)[C@]34O)O2. The van der Waals surface area contributed by atoms with Crippen LogP contribution in [0.2, 0.25) is 0 Å². The quantitative estimate of drug-likeness (QED) is 0.142. The Balaban J connectivity index is 1.15. The van der Waals surface area contributed by atoms with Crippen LogP contribution in [0.1, 0.15) is 101 Å². The minimum absolute atomic E-state index is 0.0226. The molecular formula is C50H75NO15. The Hall–Kier alpha value is -2.84. The summed E-state index contributed by atoms with van der Waals surface area (Å²) in [6.45, 7) is 17.5. The van der Waals surface area contributed by atoms with Crippen LogP contribution < -0.4 is 5.48 Å². The Morgan fingerprint density at radius 2 is 1.61 bits per heavy atom. The van der Waals surface area contributed by atoms with Gasteiger partial charge in [0.15, 0.2) is 18.4 Å². The number of aliphatic hydroxyl groups is 2. The van der Waals surface area contributed by atoms with Crippen LogP contribution in [0.4, 0.5) is 0 Å². The van der Waals surface area contributed by atoms with Crippen LogP contribution in [0.15, 0.2) is 59.3 Å². The number of carbonyl (C=O) groups excluding carboxylic acids is 2. The normalized spacial score (nSPS) is 44.7. The van der Waals surface area contributed by atoms with Gasteiger partial charge in [-0.1, -0.05) is 70.6 Å². The molecule has 0 saturated carbocycles. The molecule has 2 bridgehead atoms. The number of esters is 1. The molecule has 370 valence electrons. The van der Waals surface area contributed by atoms with Crippen LogP contribution in [-0.4, -0.2) is 140 Å². The van der Waals surface area contributed by atoms with Gasteiger partial charge in [-0.2, -0.15) is 0 Å². The number of nitrogens with one attached hydrogen (secondary N) is 1. The predicted molar refractivity (Wildman–Crippen MR) is 240 cm³/mol. The first kappa shape index (κ1) is 51.0. The zero-order chi connectivity index (χ0) is 47.7. The molecule has 7 rings (SSSR count). The van der Waals surface area contributed by atoms with Gasteiger partial charge in [-0.3, -0.25) is 14.4 Å². The molecule has 1 spiro atoms. The Bertz CT molecular complexity index is 1870. The van der Waals surface area contributed by atoms with Gasteiger partial charge in [-0.15, -0.1) is 0 Å². The third kappa shape index (κ3) is 10.8. The highest BCUT2D eigenvalue weighted by molar-refractivity contribution is 5.78. The van der Waals surface area contributed by atoms with Crippen molar-refractivity contribution < 1.29 is 72.0 Å². The van der Waals surface area contributed by atoms with E-state index in [1.54, 1.807) is 33.3 Å². The van der Waals surface area contributed by atoms with Gasteiger partial charge in [0.05, 0.1) is 49.3 Å². The standard InChI is InChI=1S/C50H75NO15/c1-12-26(2)44-29(5)18-19-49(65-44)24-36-21-35(64-49)17-16-28(4)43(27(3)14-13-15-34-25-58-47-42(53)30(6)20-37(48(54)61-36)50(34,47)55)62-40-22-38(56-10)45(31(7)59-40)63-41-23-39(57-11)46(32(8)60-41)66-51-33(9)52/h13-16,18-20,26-27,29,31-32,35-47,53,55H,12,17,21-25H2,1-11H3,(H,51,52)/t26?,27-,29-,31-,32-,35+,36-,37-,38-,39-,40-,41-,42+,43-,44+,45-,46-,47+,49+,50+/m0/s1. The topological polar surface area (TPSA) is 188 Å². The Morgan fingerprint density at radius 1 is 0.924 bits per heavy atom. The minimum atomic E-state index is -1.85. The first-order chi connectivity index (χ1) is 31.4. The molecule has 7 aliphatic rings. The number of hydrogen-bond acceptors (Lipinski definition) is 15. The van der Waals surface area contributed by atoms with E-state index in [2.05, 4.69) is 45.3 Å². The van der Waals surface area contributed by atoms with Crippen molar-refractivity contribution in [2.24, 2.45) is 23.7 Å². The molecule has 0 aromatic heterocycles. The maximum atomic E-state index is 14.4. The zero-order valence-electron chi connectivity index (χ0n) is 40.6. The van der Waals surface area contributed by atoms with E-state index in [0.29, 0.717) is 36.8 Å². The molecule has 0 aromatic carbocycles. The highest BCUT2D eigenvalue weighted by Crippen LogP contribution is 2.47. The second-order valence-corrected chi connectivity index (χ2v) is 19.7. The van der Waals surface area contributed by atoms with E-state index in [1.165, 1.54) is 6.92 Å². The van der Waals surface area contributed by atoms with Crippen LogP contribution in [0.3, 0.4) is 0 Å². The second-order valence-electron chi connectivity index (χ2n) is 19.7. The number of aliphatic hydroxyl groups excluding tert-OH is 1. The van der Waals surface area contributed by atoms with Crippen LogP contribution in [0.5, 0.6) is 0 Å². The first-order valence-corrected chi connectivity index (χ1v) is 24.0. The predicted octanol–water partition coefficient (Wildman–Crippen LogP) is 5.45. The van der Waals surface area contributed by atoms with Gasteiger partial charge in [-0.05, 0) is 62.8 Å². The summed E-state index contributed by atoms with van der Waals surface area (Å²) in [5.41, 5.74) is 2.49. The fourth-order valence-electron chi connectivity index (χ4n) is 10.9. The second kappa shape index (κ2) is 21.4. The molecular weight excluding hydrogens is 855 g/mol. The van der Waals surface area contributed by atoms with Gasteiger partial charge in [0, 0.05) is 58.7 Å². The number of allylic oxidation sites excluding steroid dienone is 2. The average Bonchev–Trinajstić information content (AvgIpc) is 3.62. The van der Waals surface area contributed by atoms with E-state index in [9.17, 15) is 19.8 Å². The largest absolute Gasteiger partial charge is 0.462 e. The molecule has 3 N–H and O–H groups in total. The number of rotatable bonds is 10. The van der Waals surface area contributed by atoms with Crippen molar-refractivity contribution in [3.63, 3.8) is 0 Å². The molecule has 1 amide bonds. The summed E-state index contributed by atoms with van der Waals surface area (Å²) in [6, 6.07) is 0. The van der Waals surface area contributed by atoms with Crippen molar-refractivity contribution in [3.8, 4) is 0 Å². The number of carbonyl (C=O) groups is 2. The molecule has 66 heavy (non-hydrogen) atoms. The molecule has 4 fully saturated rings. The molecule has 20 atom stereocenters. The molecule has 6 aliphatic heterocycles. The van der Waals surface area contributed by atoms with E-state index in [-0.39, 0.29) is 42.8 Å². The van der Waals surface area contributed by atoms with Crippen molar-refractivity contribution in [1.82, 2.24) is 5.48 Å². The number of hydroxylamine groups is 1. The molecule has 6 heterocycles. The van der Waals surface area contributed by atoms with Crippen LogP contribution >= 0.6 is 0 Å². The highest BCUT2D eigenvalue weighted by Gasteiger charge is 2.60. The van der Waals surface area contributed by atoms with Crippen LogP contribution in [-0.2, 0) is 61.8 Å². The Labute approximate surface area is 390 Å². The third-order valence-corrected chi connectivity index (χ3v) is 14.8. The van der Waals surface area contributed by atoms with Crippen LogP contribution in [0.25, 0.3) is 0 Å². The van der Waals surface area contributed by atoms with E-state index in [4.69, 9.17) is 52.2 Å². The molecule has 0 radical (unpaired) electrons. The maximum absolute atomic E-state index is 14.4. The number of hydrogen-bond donors (Lipinski definition) is 3. The smallest absolute Gasteiger partial charge is 0.316 e. The highest BCUT2D eigenvalue weighted by atomic mass is 16.7. The summed E-state index contributed by atoms with van der Waals surface area (Å²) < 4.78 is 64.3. The lowest BCUT2D eigenvalue weighted by molar-refractivity contribution is -0.323.